The van der Waals surface area contributed by atoms with Crippen molar-refractivity contribution in [3.63, 3.8) is 0 Å². The maximum atomic E-state index is 12.6. The van der Waals surface area contributed by atoms with Crippen LogP contribution >= 0.6 is 23.2 Å². The number of sulfonamides is 1. The van der Waals surface area contributed by atoms with E-state index in [4.69, 9.17) is 28.9 Å². The highest BCUT2D eigenvalue weighted by Gasteiger charge is 2.26. The molecule has 0 unspecified atom stereocenters. The smallest absolute Gasteiger partial charge is 0.246 e. The molecule has 0 amide bonds. The van der Waals surface area contributed by atoms with Crippen LogP contribution in [0.3, 0.4) is 0 Å². The van der Waals surface area contributed by atoms with Crippen molar-refractivity contribution in [2.45, 2.75) is 11.4 Å². The summed E-state index contributed by atoms with van der Waals surface area (Å²) in [6.07, 6.45) is 3.21. The van der Waals surface area contributed by atoms with Crippen LogP contribution < -0.4 is 5.73 Å². The van der Waals surface area contributed by atoms with Crippen molar-refractivity contribution in [3.05, 3.63) is 52.3 Å². The monoisotopic (exact) mass is 345 g/mol. The lowest BCUT2D eigenvalue weighted by Gasteiger charge is -2.19. The predicted molar refractivity (Wildman–Crippen MR) is 83.8 cm³/mol. The van der Waals surface area contributed by atoms with E-state index < -0.39 is 10.0 Å². The second-order valence-electron chi connectivity index (χ2n) is 4.43. The van der Waals surface area contributed by atoms with E-state index >= 15 is 0 Å². The van der Waals surface area contributed by atoms with Crippen LogP contribution in [0.25, 0.3) is 0 Å². The first kappa shape index (κ1) is 16.0. The summed E-state index contributed by atoms with van der Waals surface area (Å²) < 4.78 is 26.3. The SMILES string of the molecule is CN(Cc1cccnc1)S(=O)(=O)c1c(N)cc(Cl)cc1Cl. The maximum absolute atomic E-state index is 12.6. The van der Waals surface area contributed by atoms with Gasteiger partial charge in [0, 0.05) is 31.0 Å². The molecule has 1 heterocycles. The van der Waals surface area contributed by atoms with Gasteiger partial charge in [0.1, 0.15) is 4.90 Å². The van der Waals surface area contributed by atoms with Gasteiger partial charge >= 0.3 is 0 Å². The second kappa shape index (κ2) is 6.19. The molecule has 21 heavy (non-hydrogen) atoms. The molecule has 1 aromatic heterocycles. The molecule has 1 aromatic carbocycles. The average Bonchev–Trinajstić information content (AvgIpc) is 2.38. The van der Waals surface area contributed by atoms with E-state index in [-0.39, 0.29) is 27.2 Å². The minimum Gasteiger partial charge on any atom is -0.398 e. The maximum Gasteiger partial charge on any atom is 0.246 e. The normalized spacial score (nSPS) is 11.8. The zero-order valence-corrected chi connectivity index (χ0v) is 13.5. The largest absolute Gasteiger partial charge is 0.398 e. The summed E-state index contributed by atoms with van der Waals surface area (Å²) in [7, 11) is -2.37. The molecule has 5 nitrogen and oxygen atoms in total. The number of nitrogen functional groups attached to an aromatic ring is 1. The lowest BCUT2D eigenvalue weighted by atomic mass is 10.3. The van der Waals surface area contributed by atoms with Gasteiger partial charge in [0.2, 0.25) is 10.0 Å². The number of aromatic nitrogens is 1. The van der Waals surface area contributed by atoms with Gasteiger partial charge in [-0.2, -0.15) is 4.31 Å². The molecule has 0 radical (unpaired) electrons. The molecule has 0 saturated heterocycles. The Morgan fingerprint density at radius 3 is 2.62 bits per heavy atom. The first-order valence-electron chi connectivity index (χ1n) is 5.92. The van der Waals surface area contributed by atoms with Gasteiger partial charge in [0.05, 0.1) is 10.7 Å². The molecule has 0 spiro atoms. The van der Waals surface area contributed by atoms with E-state index in [0.717, 1.165) is 9.87 Å². The van der Waals surface area contributed by atoms with Crippen molar-refractivity contribution < 1.29 is 8.42 Å². The highest BCUT2D eigenvalue weighted by molar-refractivity contribution is 7.89. The standard InChI is InChI=1S/C13H13Cl2N3O2S/c1-18(8-9-3-2-4-17-7-9)21(19,20)13-11(15)5-10(14)6-12(13)16/h2-7H,8,16H2,1H3. The van der Waals surface area contributed by atoms with Gasteiger partial charge in [-0.25, -0.2) is 8.42 Å². The van der Waals surface area contributed by atoms with Crippen LogP contribution in [0.15, 0.2) is 41.6 Å². The van der Waals surface area contributed by atoms with Crippen LogP contribution in [-0.2, 0) is 16.6 Å². The summed E-state index contributed by atoms with van der Waals surface area (Å²) in [5.41, 5.74) is 6.53. The lowest BCUT2D eigenvalue weighted by Crippen LogP contribution is -2.27. The van der Waals surface area contributed by atoms with Gasteiger partial charge in [0.15, 0.2) is 0 Å². The number of hydrogen-bond donors (Lipinski definition) is 1. The molecule has 0 aliphatic rings. The van der Waals surface area contributed by atoms with E-state index in [1.807, 2.05) is 0 Å². The number of benzene rings is 1. The van der Waals surface area contributed by atoms with Crippen molar-refractivity contribution in [1.29, 1.82) is 0 Å². The molecule has 2 rings (SSSR count). The van der Waals surface area contributed by atoms with Gasteiger partial charge in [-0.05, 0) is 23.8 Å². The van der Waals surface area contributed by atoms with Crippen LogP contribution in [0, 0.1) is 0 Å². The molecule has 0 bridgehead atoms. The lowest BCUT2D eigenvalue weighted by molar-refractivity contribution is 0.466. The third-order valence-electron chi connectivity index (χ3n) is 2.83. The fraction of sp³-hybridized carbons (Fsp3) is 0.154. The molecule has 2 N–H and O–H groups in total. The van der Waals surface area contributed by atoms with Crippen molar-refractivity contribution >= 4 is 38.9 Å². The van der Waals surface area contributed by atoms with Crippen LogP contribution in [-0.4, -0.2) is 24.8 Å². The van der Waals surface area contributed by atoms with Crippen LogP contribution in [0.4, 0.5) is 5.69 Å². The van der Waals surface area contributed by atoms with Gasteiger partial charge in [0.25, 0.3) is 0 Å². The summed E-state index contributed by atoms with van der Waals surface area (Å²) in [5, 5.41) is 0.282. The summed E-state index contributed by atoms with van der Waals surface area (Å²) in [4.78, 5) is 3.81. The molecular formula is C13H13Cl2N3O2S. The van der Waals surface area contributed by atoms with Gasteiger partial charge in [-0.3, -0.25) is 4.98 Å². The molecular weight excluding hydrogens is 333 g/mol. The van der Waals surface area contributed by atoms with E-state index in [1.165, 1.54) is 19.2 Å². The molecule has 2 aromatic rings. The van der Waals surface area contributed by atoms with Crippen molar-refractivity contribution in [1.82, 2.24) is 9.29 Å². The number of nitrogens with zero attached hydrogens (tertiary/aromatic N) is 2. The van der Waals surface area contributed by atoms with E-state index in [0.29, 0.717) is 0 Å². The van der Waals surface area contributed by atoms with E-state index in [1.54, 1.807) is 24.5 Å². The minimum absolute atomic E-state index is 0.00182. The zero-order valence-electron chi connectivity index (χ0n) is 11.1. The molecule has 0 atom stereocenters. The third-order valence-corrected chi connectivity index (χ3v) is 5.38. The minimum atomic E-state index is -3.83. The Bertz CT molecular complexity index is 728. The van der Waals surface area contributed by atoms with Crippen LogP contribution in [0.2, 0.25) is 10.0 Å². The Hall–Kier alpha value is -1.34. The molecule has 0 aliphatic heterocycles. The fourth-order valence-electron chi connectivity index (χ4n) is 1.84. The Kier molecular flexibility index (Phi) is 4.73. The Labute approximate surface area is 133 Å². The second-order valence-corrected chi connectivity index (χ2v) is 7.25. The first-order chi connectivity index (χ1) is 9.82. The van der Waals surface area contributed by atoms with Gasteiger partial charge in [-0.15, -0.1) is 0 Å². The Morgan fingerprint density at radius 2 is 2.05 bits per heavy atom. The number of pyridine rings is 1. The van der Waals surface area contributed by atoms with Crippen LogP contribution in [0.5, 0.6) is 0 Å². The Balaban J connectivity index is 2.38. The Morgan fingerprint density at radius 1 is 1.33 bits per heavy atom. The summed E-state index contributed by atoms with van der Waals surface area (Å²) in [5.74, 6) is 0. The number of halogens is 2. The number of anilines is 1. The summed E-state index contributed by atoms with van der Waals surface area (Å²) >= 11 is 11.8. The highest BCUT2D eigenvalue weighted by Crippen LogP contribution is 2.33. The molecule has 8 heteroatoms. The number of hydrogen-bond acceptors (Lipinski definition) is 4. The topological polar surface area (TPSA) is 76.3 Å². The first-order valence-corrected chi connectivity index (χ1v) is 8.11. The number of nitrogens with two attached hydrogens (primary N) is 1. The predicted octanol–water partition coefficient (Wildman–Crippen LogP) is 2.79. The van der Waals surface area contributed by atoms with Crippen molar-refractivity contribution in [3.8, 4) is 0 Å². The quantitative estimate of drug-likeness (QED) is 0.864. The van der Waals surface area contributed by atoms with Crippen molar-refractivity contribution in [2.24, 2.45) is 0 Å². The molecule has 0 aliphatic carbocycles. The molecule has 0 fully saturated rings. The van der Waals surface area contributed by atoms with Crippen LogP contribution in [0.1, 0.15) is 5.56 Å². The highest BCUT2D eigenvalue weighted by atomic mass is 35.5. The van der Waals surface area contributed by atoms with E-state index in [9.17, 15) is 8.42 Å². The average molecular weight is 346 g/mol. The number of rotatable bonds is 4. The summed E-state index contributed by atoms with van der Waals surface area (Å²) in [6.45, 7) is 0.161. The third kappa shape index (κ3) is 3.47. The van der Waals surface area contributed by atoms with Crippen molar-refractivity contribution in [2.75, 3.05) is 12.8 Å². The molecule has 112 valence electrons. The molecule has 0 saturated carbocycles. The van der Waals surface area contributed by atoms with E-state index in [2.05, 4.69) is 4.98 Å². The zero-order chi connectivity index (χ0) is 15.6. The van der Waals surface area contributed by atoms with Gasteiger partial charge in [-0.1, -0.05) is 29.3 Å². The fourth-order valence-corrected chi connectivity index (χ4v) is 3.94. The summed E-state index contributed by atoms with van der Waals surface area (Å²) in [6, 6.07) is 6.23. The van der Waals surface area contributed by atoms with Gasteiger partial charge < -0.3 is 5.73 Å².